The first-order valence-corrected chi connectivity index (χ1v) is 9.18. The van der Waals surface area contributed by atoms with E-state index in [1.165, 1.54) is 9.75 Å². The third-order valence-corrected chi connectivity index (χ3v) is 5.70. The molecule has 0 aromatic carbocycles. The Hall–Kier alpha value is -1.56. The van der Waals surface area contributed by atoms with Crippen molar-refractivity contribution >= 4 is 23.3 Å². The fourth-order valence-electron chi connectivity index (χ4n) is 3.30. The molecule has 1 aromatic heterocycles. The maximum Gasteiger partial charge on any atom is 0.407 e. The van der Waals surface area contributed by atoms with E-state index in [-0.39, 0.29) is 24.0 Å². The fraction of sp³-hybridized carbons (Fsp3) is 0.647. The number of amides is 2. The summed E-state index contributed by atoms with van der Waals surface area (Å²) < 4.78 is 4.93. The number of carbonyl (C=O) groups is 2. The second kappa shape index (κ2) is 6.91. The Kier molecular flexibility index (Phi) is 4.90. The standard InChI is InChI=1S/C17H24N2O3S/c1-3-22-17(21)18-12-5-4-8-19(10-12)16(20)14-9-13(14)15-7-6-11(2)23-15/h6-7,12-14H,3-5,8-10H2,1-2H3,(H,18,21). The van der Waals surface area contributed by atoms with Gasteiger partial charge in [0, 0.05) is 40.7 Å². The zero-order chi connectivity index (χ0) is 16.4. The van der Waals surface area contributed by atoms with Gasteiger partial charge in [0.1, 0.15) is 0 Å². The van der Waals surface area contributed by atoms with Gasteiger partial charge in [0.25, 0.3) is 0 Å². The van der Waals surface area contributed by atoms with Crippen LogP contribution in [-0.2, 0) is 9.53 Å². The summed E-state index contributed by atoms with van der Waals surface area (Å²) in [7, 11) is 0. The summed E-state index contributed by atoms with van der Waals surface area (Å²) in [5.74, 6) is 0.783. The third kappa shape index (κ3) is 3.86. The zero-order valence-electron chi connectivity index (χ0n) is 13.7. The van der Waals surface area contributed by atoms with Crippen LogP contribution in [0.2, 0.25) is 0 Å². The molecular formula is C17H24N2O3S. The van der Waals surface area contributed by atoms with Gasteiger partial charge in [-0.3, -0.25) is 4.79 Å². The molecule has 2 aliphatic rings. The van der Waals surface area contributed by atoms with Gasteiger partial charge < -0.3 is 15.0 Å². The number of hydrogen-bond donors (Lipinski definition) is 1. The van der Waals surface area contributed by atoms with Crippen LogP contribution in [0.4, 0.5) is 4.79 Å². The molecule has 6 heteroatoms. The average molecular weight is 336 g/mol. The van der Waals surface area contributed by atoms with Crippen molar-refractivity contribution < 1.29 is 14.3 Å². The van der Waals surface area contributed by atoms with Crippen molar-refractivity contribution in [2.75, 3.05) is 19.7 Å². The molecule has 0 spiro atoms. The van der Waals surface area contributed by atoms with Gasteiger partial charge in [0.05, 0.1) is 6.61 Å². The lowest BCUT2D eigenvalue weighted by Gasteiger charge is -2.33. The van der Waals surface area contributed by atoms with Gasteiger partial charge in [-0.15, -0.1) is 11.3 Å². The smallest absolute Gasteiger partial charge is 0.407 e. The first-order valence-electron chi connectivity index (χ1n) is 8.37. The molecule has 1 saturated carbocycles. The minimum atomic E-state index is -0.384. The van der Waals surface area contributed by atoms with Gasteiger partial charge in [-0.2, -0.15) is 0 Å². The number of rotatable bonds is 4. The quantitative estimate of drug-likeness (QED) is 0.920. The van der Waals surface area contributed by atoms with E-state index in [9.17, 15) is 9.59 Å². The van der Waals surface area contributed by atoms with Crippen molar-refractivity contribution in [2.24, 2.45) is 5.92 Å². The number of nitrogens with zero attached hydrogens (tertiary/aromatic N) is 1. The number of thiophene rings is 1. The summed E-state index contributed by atoms with van der Waals surface area (Å²) in [6.07, 6.45) is 2.41. The van der Waals surface area contributed by atoms with Crippen LogP contribution < -0.4 is 5.32 Å². The Morgan fingerprint density at radius 2 is 2.26 bits per heavy atom. The van der Waals surface area contributed by atoms with Crippen LogP contribution >= 0.6 is 11.3 Å². The molecule has 1 aliphatic heterocycles. The molecule has 0 radical (unpaired) electrons. The van der Waals surface area contributed by atoms with Gasteiger partial charge in [-0.1, -0.05) is 0 Å². The first kappa shape index (κ1) is 16.3. The molecule has 2 amide bonds. The largest absolute Gasteiger partial charge is 0.450 e. The highest BCUT2D eigenvalue weighted by molar-refractivity contribution is 7.12. The molecule has 126 valence electrons. The van der Waals surface area contributed by atoms with Crippen LogP contribution in [0.25, 0.3) is 0 Å². The monoisotopic (exact) mass is 336 g/mol. The minimum absolute atomic E-state index is 0.00734. The van der Waals surface area contributed by atoms with Crippen molar-refractivity contribution in [1.29, 1.82) is 0 Å². The van der Waals surface area contributed by atoms with Crippen LogP contribution in [-0.4, -0.2) is 42.6 Å². The minimum Gasteiger partial charge on any atom is -0.450 e. The van der Waals surface area contributed by atoms with E-state index in [2.05, 4.69) is 24.4 Å². The Labute approximate surface area is 141 Å². The van der Waals surface area contributed by atoms with E-state index in [1.807, 2.05) is 4.90 Å². The number of carbonyl (C=O) groups excluding carboxylic acids is 2. The highest BCUT2D eigenvalue weighted by atomic mass is 32.1. The lowest BCUT2D eigenvalue weighted by molar-refractivity contribution is -0.134. The summed E-state index contributed by atoms with van der Waals surface area (Å²) >= 11 is 1.80. The second-order valence-corrected chi connectivity index (χ2v) is 7.70. The average Bonchev–Trinajstić information content (AvgIpc) is 3.21. The van der Waals surface area contributed by atoms with Crippen LogP contribution in [0.15, 0.2) is 12.1 Å². The number of ether oxygens (including phenoxy) is 1. The van der Waals surface area contributed by atoms with Crippen molar-refractivity contribution in [3.8, 4) is 0 Å². The Morgan fingerprint density at radius 1 is 1.43 bits per heavy atom. The summed E-state index contributed by atoms with van der Waals surface area (Å²) in [4.78, 5) is 28.8. The maximum absolute atomic E-state index is 12.7. The summed E-state index contributed by atoms with van der Waals surface area (Å²) in [6, 6.07) is 4.28. The molecule has 1 saturated heterocycles. The number of hydrogen-bond acceptors (Lipinski definition) is 4. The van der Waals surface area contributed by atoms with Crippen molar-refractivity contribution in [3.05, 3.63) is 21.9 Å². The fourth-order valence-corrected chi connectivity index (χ4v) is 4.36. The molecule has 1 aliphatic carbocycles. The highest BCUT2D eigenvalue weighted by Gasteiger charge is 2.47. The van der Waals surface area contributed by atoms with Crippen molar-refractivity contribution in [1.82, 2.24) is 10.2 Å². The summed E-state index contributed by atoms with van der Waals surface area (Å²) in [5.41, 5.74) is 0. The highest BCUT2D eigenvalue weighted by Crippen LogP contribution is 2.50. The number of alkyl carbamates (subject to hydrolysis) is 1. The van der Waals surface area contributed by atoms with Crippen molar-refractivity contribution in [3.63, 3.8) is 0 Å². The lowest BCUT2D eigenvalue weighted by Crippen LogP contribution is -2.50. The topological polar surface area (TPSA) is 58.6 Å². The molecule has 2 heterocycles. The van der Waals surface area contributed by atoms with Crippen LogP contribution in [0.5, 0.6) is 0 Å². The van der Waals surface area contributed by atoms with E-state index in [1.54, 1.807) is 18.3 Å². The summed E-state index contributed by atoms with van der Waals surface area (Å²) in [6.45, 7) is 5.65. The molecule has 5 nitrogen and oxygen atoms in total. The Balaban J connectivity index is 1.53. The first-order chi connectivity index (χ1) is 11.1. The number of piperidine rings is 1. The Morgan fingerprint density at radius 3 is 2.96 bits per heavy atom. The molecule has 3 rings (SSSR count). The van der Waals surface area contributed by atoms with Crippen LogP contribution in [0.3, 0.4) is 0 Å². The molecule has 3 atom stereocenters. The third-order valence-electron chi connectivity index (χ3n) is 4.56. The zero-order valence-corrected chi connectivity index (χ0v) is 14.5. The normalized spacial score (nSPS) is 26.7. The number of nitrogens with one attached hydrogen (secondary N) is 1. The molecule has 0 bridgehead atoms. The number of likely N-dealkylation sites (tertiary alicyclic amines) is 1. The molecular weight excluding hydrogens is 312 g/mol. The van der Waals surface area contributed by atoms with Gasteiger partial charge in [0.2, 0.25) is 5.91 Å². The SMILES string of the molecule is CCOC(=O)NC1CCCN(C(=O)C2CC2c2ccc(C)s2)C1. The molecule has 1 aromatic rings. The molecule has 1 N–H and O–H groups in total. The van der Waals surface area contributed by atoms with E-state index in [0.717, 1.165) is 25.8 Å². The Bertz CT molecular complexity index is 586. The molecule has 3 unspecified atom stereocenters. The van der Waals surface area contributed by atoms with Crippen LogP contribution in [0, 0.1) is 12.8 Å². The van der Waals surface area contributed by atoms with Gasteiger partial charge in [-0.05, 0) is 45.2 Å². The lowest BCUT2D eigenvalue weighted by atomic mass is 10.1. The predicted octanol–water partition coefficient (Wildman–Crippen LogP) is 2.90. The van der Waals surface area contributed by atoms with Crippen LogP contribution in [0.1, 0.15) is 41.9 Å². The van der Waals surface area contributed by atoms with Gasteiger partial charge >= 0.3 is 6.09 Å². The number of aryl methyl sites for hydroxylation is 1. The summed E-state index contributed by atoms with van der Waals surface area (Å²) in [5, 5.41) is 2.86. The second-order valence-electron chi connectivity index (χ2n) is 6.39. The van der Waals surface area contributed by atoms with E-state index in [4.69, 9.17) is 4.74 Å². The predicted molar refractivity (Wildman–Crippen MR) is 89.7 cm³/mol. The van der Waals surface area contributed by atoms with Gasteiger partial charge in [0.15, 0.2) is 0 Å². The maximum atomic E-state index is 12.7. The van der Waals surface area contributed by atoms with E-state index < -0.39 is 0 Å². The molecule has 23 heavy (non-hydrogen) atoms. The van der Waals surface area contributed by atoms with E-state index >= 15 is 0 Å². The van der Waals surface area contributed by atoms with Crippen molar-refractivity contribution in [2.45, 2.75) is 45.1 Å². The van der Waals surface area contributed by atoms with E-state index in [0.29, 0.717) is 19.1 Å². The van der Waals surface area contributed by atoms with Gasteiger partial charge in [-0.25, -0.2) is 4.79 Å². The molecule has 2 fully saturated rings.